The van der Waals surface area contributed by atoms with E-state index in [9.17, 15) is 4.39 Å². The summed E-state index contributed by atoms with van der Waals surface area (Å²) in [5, 5.41) is 0. The van der Waals surface area contributed by atoms with E-state index >= 15 is 0 Å². The van der Waals surface area contributed by atoms with Crippen molar-refractivity contribution in [2.24, 2.45) is 0 Å². The maximum Gasteiger partial charge on any atom is 0.126 e. The Hall–Kier alpha value is -0.850. The van der Waals surface area contributed by atoms with Crippen LogP contribution in [0.1, 0.15) is 25.0 Å². The summed E-state index contributed by atoms with van der Waals surface area (Å²) in [6.07, 6.45) is 0. The highest BCUT2D eigenvalue weighted by Crippen LogP contribution is 2.06. The Morgan fingerprint density at radius 3 is 2.00 bits per heavy atom. The zero-order valence-electron chi connectivity index (χ0n) is 7.61. The molecule has 0 aliphatic carbocycles. The summed E-state index contributed by atoms with van der Waals surface area (Å²) in [7, 11) is 0. The molecule has 1 rings (SSSR count). The minimum atomic E-state index is -0.116. The zero-order chi connectivity index (χ0) is 8.85. The van der Waals surface area contributed by atoms with Crippen molar-refractivity contribution in [2.45, 2.75) is 27.7 Å². The smallest absolute Gasteiger partial charge is 0.126 e. The molecule has 0 aliphatic heterocycles. The molecule has 1 aromatic rings. The molecule has 0 saturated heterocycles. The molecule has 0 amide bonds. The molecule has 0 aromatic heterocycles. The van der Waals surface area contributed by atoms with Crippen LogP contribution in [-0.4, -0.2) is 0 Å². The second kappa shape index (κ2) is 4.89. The van der Waals surface area contributed by atoms with Gasteiger partial charge in [0, 0.05) is 0 Å². The van der Waals surface area contributed by atoms with Gasteiger partial charge in [-0.25, -0.2) is 4.39 Å². The molecule has 1 heteroatoms. The number of aryl methyl sites for hydroxylation is 2. The summed E-state index contributed by atoms with van der Waals surface area (Å²) in [5.74, 6) is -0.116. The minimum absolute atomic E-state index is 0.116. The lowest BCUT2D eigenvalue weighted by atomic mass is 10.2. The molecule has 0 fully saturated rings. The zero-order valence-corrected chi connectivity index (χ0v) is 7.61. The maximum absolute atomic E-state index is 12.6. The van der Waals surface area contributed by atoms with Crippen molar-refractivity contribution >= 4 is 0 Å². The fourth-order valence-electron chi connectivity index (χ4n) is 0.698. The van der Waals surface area contributed by atoms with E-state index < -0.39 is 0 Å². The number of hydrogen-bond acceptors (Lipinski definition) is 0. The lowest BCUT2D eigenvalue weighted by Crippen LogP contribution is -1.81. The highest BCUT2D eigenvalue weighted by Gasteiger charge is 1.93. The second-order valence-corrected chi connectivity index (χ2v) is 2.25. The fourth-order valence-corrected chi connectivity index (χ4v) is 0.698. The van der Waals surface area contributed by atoms with Gasteiger partial charge in [-0.3, -0.25) is 0 Å². The van der Waals surface area contributed by atoms with Gasteiger partial charge in [0.25, 0.3) is 0 Å². The Morgan fingerprint density at radius 1 is 1.09 bits per heavy atom. The third kappa shape index (κ3) is 3.17. The van der Waals surface area contributed by atoms with E-state index in [-0.39, 0.29) is 5.82 Å². The van der Waals surface area contributed by atoms with Gasteiger partial charge in [-0.1, -0.05) is 26.0 Å². The fraction of sp³-hybridized carbons (Fsp3) is 0.400. The molecule has 1 aromatic carbocycles. The molecule has 11 heavy (non-hydrogen) atoms. The molecule has 0 atom stereocenters. The van der Waals surface area contributed by atoms with Crippen LogP contribution in [0.5, 0.6) is 0 Å². The van der Waals surface area contributed by atoms with Crippen LogP contribution in [0.4, 0.5) is 4.39 Å². The number of halogens is 1. The van der Waals surface area contributed by atoms with Crippen molar-refractivity contribution in [1.82, 2.24) is 0 Å². The standard InChI is InChI=1S/C8H9F.C2H6/c1-6-3-4-7(2)8(9)5-6;1-2/h3-5H,1-2H3;1-2H3. The number of benzene rings is 1. The molecule has 0 N–H and O–H groups in total. The van der Waals surface area contributed by atoms with Gasteiger partial charge in [0.1, 0.15) is 5.82 Å². The molecule has 0 saturated carbocycles. The maximum atomic E-state index is 12.6. The van der Waals surface area contributed by atoms with E-state index in [1.165, 1.54) is 6.07 Å². The van der Waals surface area contributed by atoms with Gasteiger partial charge in [0.05, 0.1) is 0 Å². The highest BCUT2D eigenvalue weighted by atomic mass is 19.1. The lowest BCUT2D eigenvalue weighted by molar-refractivity contribution is 0.617. The quantitative estimate of drug-likeness (QED) is 0.536. The lowest BCUT2D eigenvalue weighted by Gasteiger charge is -1.94. The molecular formula is C10H15F. The first-order valence-corrected chi connectivity index (χ1v) is 3.93. The predicted molar refractivity (Wildman–Crippen MR) is 47.2 cm³/mol. The van der Waals surface area contributed by atoms with Crippen molar-refractivity contribution in [3.8, 4) is 0 Å². The topological polar surface area (TPSA) is 0 Å². The van der Waals surface area contributed by atoms with Crippen molar-refractivity contribution in [3.63, 3.8) is 0 Å². The van der Waals surface area contributed by atoms with Crippen LogP contribution in [0, 0.1) is 19.7 Å². The summed E-state index contributed by atoms with van der Waals surface area (Å²) in [5.41, 5.74) is 1.68. The Morgan fingerprint density at radius 2 is 1.64 bits per heavy atom. The third-order valence-corrected chi connectivity index (χ3v) is 1.33. The average molecular weight is 154 g/mol. The van der Waals surface area contributed by atoms with Gasteiger partial charge in [-0.15, -0.1) is 0 Å². The average Bonchev–Trinajstić information content (AvgIpc) is 2.02. The first-order valence-electron chi connectivity index (χ1n) is 3.93. The highest BCUT2D eigenvalue weighted by molar-refractivity contribution is 5.21. The molecule has 62 valence electrons. The van der Waals surface area contributed by atoms with Gasteiger partial charge in [-0.2, -0.15) is 0 Å². The molecule has 0 heterocycles. The number of hydrogen-bond donors (Lipinski definition) is 0. The van der Waals surface area contributed by atoms with Crippen molar-refractivity contribution in [1.29, 1.82) is 0 Å². The second-order valence-electron chi connectivity index (χ2n) is 2.25. The van der Waals surface area contributed by atoms with E-state index in [2.05, 4.69) is 0 Å². The van der Waals surface area contributed by atoms with E-state index in [0.717, 1.165) is 5.56 Å². The monoisotopic (exact) mass is 154 g/mol. The first kappa shape index (κ1) is 10.2. The molecule has 0 unspecified atom stereocenters. The minimum Gasteiger partial charge on any atom is -0.207 e. The Balaban J connectivity index is 0.000000461. The Labute approximate surface area is 68.1 Å². The molecule has 0 aliphatic rings. The van der Waals surface area contributed by atoms with Crippen LogP contribution >= 0.6 is 0 Å². The summed E-state index contributed by atoms with van der Waals surface area (Å²) in [6.45, 7) is 7.64. The normalized spacial score (nSPS) is 8.45. The largest absolute Gasteiger partial charge is 0.207 e. The van der Waals surface area contributed by atoms with Crippen LogP contribution in [0.3, 0.4) is 0 Å². The SMILES string of the molecule is CC.Cc1ccc(C)c(F)c1. The van der Waals surface area contributed by atoms with Gasteiger partial charge in [0.2, 0.25) is 0 Å². The van der Waals surface area contributed by atoms with Gasteiger partial charge >= 0.3 is 0 Å². The molecule has 0 bridgehead atoms. The summed E-state index contributed by atoms with van der Waals surface area (Å²) in [4.78, 5) is 0. The molecule has 0 radical (unpaired) electrons. The van der Waals surface area contributed by atoms with Gasteiger partial charge in [-0.05, 0) is 31.0 Å². The number of rotatable bonds is 0. The van der Waals surface area contributed by atoms with Crippen LogP contribution < -0.4 is 0 Å². The van der Waals surface area contributed by atoms with Crippen LogP contribution in [0.25, 0.3) is 0 Å². The van der Waals surface area contributed by atoms with Crippen LogP contribution in [0.15, 0.2) is 18.2 Å². The Bertz CT molecular complexity index is 216. The van der Waals surface area contributed by atoms with Crippen LogP contribution in [0.2, 0.25) is 0 Å². The van der Waals surface area contributed by atoms with E-state index in [4.69, 9.17) is 0 Å². The van der Waals surface area contributed by atoms with Crippen molar-refractivity contribution in [3.05, 3.63) is 35.1 Å². The summed E-state index contributed by atoms with van der Waals surface area (Å²) < 4.78 is 12.6. The van der Waals surface area contributed by atoms with Gasteiger partial charge in [0.15, 0.2) is 0 Å². The molecule has 0 nitrogen and oxygen atoms in total. The van der Waals surface area contributed by atoms with Crippen LogP contribution in [-0.2, 0) is 0 Å². The van der Waals surface area contributed by atoms with Gasteiger partial charge < -0.3 is 0 Å². The molecular weight excluding hydrogens is 139 g/mol. The van der Waals surface area contributed by atoms with E-state index in [0.29, 0.717) is 5.56 Å². The van der Waals surface area contributed by atoms with Crippen molar-refractivity contribution in [2.75, 3.05) is 0 Å². The summed E-state index contributed by atoms with van der Waals surface area (Å²) >= 11 is 0. The first-order chi connectivity index (χ1) is 5.20. The van der Waals surface area contributed by atoms with E-state index in [1.54, 1.807) is 13.0 Å². The Kier molecular flexibility index (Phi) is 4.51. The third-order valence-electron chi connectivity index (χ3n) is 1.33. The molecule has 0 spiro atoms. The predicted octanol–water partition coefficient (Wildman–Crippen LogP) is 3.47. The van der Waals surface area contributed by atoms with E-state index in [1.807, 2.05) is 26.8 Å². The van der Waals surface area contributed by atoms with Crippen molar-refractivity contribution < 1.29 is 4.39 Å². The summed E-state index contributed by atoms with van der Waals surface area (Å²) in [6, 6.07) is 5.22.